The molecule has 0 aliphatic heterocycles. The Hall–Kier alpha value is -0.860. The van der Waals surface area contributed by atoms with E-state index in [4.69, 9.17) is 5.73 Å². The highest BCUT2D eigenvalue weighted by atomic mass is 15.1. The molecule has 1 aromatic rings. The smallest absolute Gasteiger partial charge is 0.0230 e. The minimum absolute atomic E-state index is 0.468. The number of nitrogens with zero attached hydrogens (tertiary/aromatic N) is 1. The average molecular weight is 232 g/mol. The predicted molar refractivity (Wildman–Crippen MR) is 72.9 cm³/mol. The Kier molecular flexibility index (Phi) is 3.85. The first-order chi connectivity index (χ1) is 8.04. The second-order valence-corrected chi connectivity index (χ2v) is 5.71. The van der Waals surface area contributed by atoms with Crippen molar-refractivity contribution >= 4 is 0 Å². The van der Waals surface area contributed by atoms with Crippen LogP contribution in [0.15, 0.2) is 18.2 Å². The van der Waals surface area contributed by atoms with Gasteiger partial charge in [-0.1, -0.05) is 18.2 Å². The van der Waals surface area contributed by atoms with Crippen molar-refractivity contribution in [1.82, 2.24) is 4.90 Å². The SMILES string of the molecule is Cc1ccc(CN(C)CC2CC(N)C2)cc1C. The molecule has 1 aromatic carbocycles. The molecule has 0 heterocycles. The molecule has 2 N–H and O–H groups in total. The number of rotatable bonds is 4. The molecule has 2 nitrogen and oxygen atoms in total. The minimum Gasteiger partial charge on any atom is -0.328 e. The lowest BCUT2D eigenvalue weighted by Gasteiger charge is -2.35. The molecule has 0 amide bonds. The van der Waals surface area contributed by atoms with Gasteiger partial charge in [0.15, 0.2) is 0 Å². The molecule has 1 aliphatic carbocycles. The van der Waals surface area contributed by atoms with Crippen molar-refractivity contribution in [2.24, 2.45) is 11.7 Å². The van der Waals surface area contributed by atoms with Crippen molar-refractivity contribution in [2.75, 3.05) is 13.6 Å². The summed E-state index contributed by atoms with van der Waals surface area (Å²) in [6.45, 7) is 6.58. The van der Waals surface area contributed by atoms with Gasteiger partial charge in [0.2, 0.25) is 0 Å². The third-order valence-corrected chi connectivity index (χ3v) is 3.87. The fraction of sp³-hybridized carbons (Fsp3) is 0.600. The molecular weight excluding hydrogens is 208 g/mol. The van der Waals surface area contributed by atoms with Crippen LogP contribution in [0.25, 0.3) is 0 Å². The zero-order valence-corrected chi connectivity index (χ0v) is 11.2. The van der Waals surface area contributed by atoms with Gasteiger partial charge >= 0.3 is 0 Å². The Morgan fingerprint density at radius 1 is 1.24 bits per heavy atom. The van der Waals surface area contributed by atoms with Crippen LogP contribution in [0.2, 0.25) is 0 Å². The summed E-state index contributed by atoms with van der Waals surface area (Å²) in [5.74, 6) is 0.821. The van der Waals surface area contributed by atoms with Crippen molar-refractivity contribution in [3.63, 3.8) is 0 Å². The van der Waals surface area contributed by atoms with Gasteiger partial charge in [-0.25, -0.2) is 0 Å². The first-order valence-corrected chi connectivity index (χ1v) is 6.55. The zero-order valence-electron chi connectivity index (χ0n) is 11.2. The van der Waals surface area contributed by atoms with E-state index in [1.165, 1.54) is 36.1 Å². The van der Waals surface area contributed by atoms with E-state index in [1.54, 1.807) is 0 Å². The monoisotopic (exact) mass is 232 g/mol. The van der Waals surface area contributed by atoms with Gasteiger partial charge < -0.3 is 10.6 Å². The minimum atomic E-state index is 0.468. The van der Waals surface area contributed by atoms with Crippen LogP contribution in [0.5, 0.6) is 0 Å². The summed E-state index contributed by atoms with van der Waals surface area (Å²) < 4.78 is 0. The molecule has 0 saturated heterocycles. The second kappa shape index (κ2) is 5.19. The van der Waals surface area contributed by atoms with Gasteiger partial charge in [0.05, 0.1) is 0 Å². The van der Waals surface area contributed by atoms with Crippen molar-refractivity contribution in [3.05, 3.63) is 34.9 Å². The summed E-state index contributed by atoms with van der Waals surface area (Å²) in [4.78, 5) is 2.42. The van der Waals surface area contributed by atoms with Crippen molar-refractivity contribution in [3.8, 4) is 0 Å². The molecule has 1 saturated carbocycles. The molecule has 0 spiro atoms. The quantitative estimate of drug-likeness (QED) is 0.864. The fourth-order valence-corrected chi connectivity index (χ4v) is 2.66. The molecule has 2 rings (SSSR count). The normalized spacial score (nSPS) is 23.8. The van der Waals surface area contributed by atoms with E-state index in [0.717, 1.165) is 12.5 Å². The van der Waals surface area contributed by atoms with Gasteiger partial charge in [0.25, 0.3) is 0 Å². The maximum Gasteiger partial charge on any atom is 0.0230 e. The summed E-state index contributed by atoms with van der Waals surface area (Å²) in [5, 5.41) is 0. The second-order valence-electron chi connectivity index (χ2n) is 5.71. The Bertz CT molecular complexity index is 381. The maximum atomic E-state index is 5.82. The van der Waals surface area contributed by atoms with Gasteiger partial charge in [0.1, 0.15) is 0 Å². The van der Waals surface area contributed by atoms with Crippen LogP contribution in [-0.4, -0.2) is 24.5 Å². The topological polar surface area (TPSA) is 29.3 Å². The molecular formula is C15H24N2. The van der Waals surface area contributed by atoms with E-state index < -0.39 is 0 Å². The first kappa shape index (κ1) is 12.6. The lowest BCUT2D eigenvalue weighted by molar-refractivity contribution is 0.178. The van der Waals surface area contributed by atoms with Gasteiger partial charge in [0, 0.05) is 19.1 Å². The molecule has 0 unspecified atom stereocenters. The molecule has 94 valence electrons. The fourth-order valence-electron chi connectivity index (χ4n) is 2.66. The van der Waals surface area contributed by atoms with E-state index in [1.807, 2.05) is 0 Å². The van der Waals surface area contributed by atoms with Gasteiger partial charge in [-0.05, 0) is 56.3 Å². The highest BCUT2D eigenvalue weighted by molar-refractivity contribution is 5.29. The highest BCUT2D eigenvalue weighted by Gasteiger charge is 2.26. The highest BCUT2D eigenvalue weighted by Crippen LogP contribution is 2.26. The molecule has 0 bridgehead atoms. The van der Waals surface area contributed by atoms with E-state index >= 15 is 0 Å². The van der Waals surface area contributed by atoms with E-state index in [0.29, 0.717) is 6.04 Å². The van der Waals surface area contributed by atoms with Crippen LogP contribution in [0.3, 0.4) is 0 Å². The van der Waals surface area contributed by atoms with Crippen LogP contribution in [0.4, 0.5) is 0 Å². The summed E-state index contributed by atoms with van der Waals surface area (Å²) in [6, 6.07) is 7.23. The van der Waals surface area contributed by atoms with Crippen LogP contribution in [0, 0.1) is 19.8 Å². The molecule has 1 aliphatic rings. The van der Waals surface area contributed by atoms with Crippen molar-refractivity contribution in [1.29, 1.82) is 0 Å². The number of benzene rings is 1. The molecule has 17 heavy (non-hydrogen) atoms. The molecule has 0 aromatic heterocycles. The van der Waals surface area contributed by atoms with E-state index in [9.17, 15) is 0 Å². The first-order valence-electron chi connectivity index (χ1n) is 6.55. The molecule has 2 heteroatoms. The summed E-state index contributed by atoms with van der Waals surface area (Å²) in [5.41, 5.74) is 10.00. The summed E-state index contributed by atoms with van der Waals surface area (Å²) in [7, 11) is 2.21. The Balaban J connectivity index is 1.85. The third-order valence-electron chi connectivity index (χ3n) is 3.87. The Labute approximate surface area is 105 Å². The standard InChI is InChI=1S/C15H24N2/c1-11-4-5-13(6-12(11)2)9-17(3)10-14-7-15(16)8-14/h4-6,14-15H,7-10,16H2,1-3H3. The number of aryl methyl sites for hydroxylation is 2. The third kappa shape index (κ3) is 3.30. The lowest BCUT2D eigenvalue weighted by atomic mass is 9.80. The maximum absolute atomic E-state index is 5.82. The largest absolute Gasteiger partial charge is 0.328 e. The van der Waals surface area contributed by atoms with Crippen LogP contribution < -0.4 is 5.73 Å². The Morgan fingerprint density at radius 3 is 2.53 bits per heavy atom. The number of hydrogen-bond donors (Lipinski definition) is 1. The van der Waals surface area contributed by atoms with Gasteiger partial charge in [-0.15, -0.1) is 0 Å². The molecule has 0 radical (unpaired) electrons. The van der Waals surface area contributed by atoms with Crippen molar-refractivity contribution in [2.45, 2.75) is 39.3 Å². The lowest BCUT2D eigenvalue weighted by Crippen LogP contribution is -2.41. The number of hydrogen-bond acceptors (Lipinski definition) is 2. The summed E-state index contributed by atoms with van der Waals surface area (Å²) in [6.07, 6.45) is 2.41. The number of nitrogens with two attached hydrogens (primary N) is 1. The molecule has 1 fully saturated rings. The zero-order chi connectivity index (χ0) is 12.4. The summed E-state index contributed by atoms with van der Waals surface area (Å²) >= 11 is 0. The van der Waals surface area contributed by atoms with Crippen LogP contribution in [-0.2, 0) is 6.54 Å². The van der Waals surface area contributed by atoms with Crippen LogP contribution >= 0.6 is 0 Å². The van der Waals surface area contributed by atoms with Crippen molar-refractivity contribution < 1.29 is 0 Å². The van der Waals surface area contributed by atoms with E-state index in [-0.39, 0.29) is 0 Å². The van der Waals surface area contributed by atoms with Crippen LogP contribution in [0.1, 0.15) is 29.5 Å². The molecule has 0 atom stereocenters. The predicted octanol–water partition coefficient (Wildman–Crippen LogP) is 2.47. The Morgan fingerprint density at radius 2 is 1.94 bits per heavy atom. The van der Waals surface area contributed by atoms with Gasteiger partial charge in [-0.3, -0.25) is 0 Å². The van der Waals surface area contributed by atoms with E-state index in [2.05, 4.69) is 44.0 Å². The van der Waals surface area contributed by atoms with Gasteiger partial charge in [-0.2, -0.15) is 0 Å². The average Bonchev–Trinajstić information content (AvgIpc) is 2.21.